The van der Waals surface area contributed by atoms with E-state index in [2.05, 4.69) is 62.2 Å². The lowest BCUT2D eigenvalue weighted by molar-refractivity contribution is 0.118. The molecule has 7 rings (SSSR count). The molecule has 0 radical (unpaired) electrons. The molecule has 6 nitrogen and oxygen atoms in total. The summed E-state index contributed by atoms with van der Waals surface area (Å²) in [5.74, 6) is 2.43. The van der Waals surface area contributed by atoms with Crippen molar-refractivity contribution < 1.29 is 9.47 Å². The Morgan fingerprint density at radius 2 is 1.68 bits per heavy atom. The molecule has 37 heavy (non-hydrogen) atoms. The number of piperidine rings is 1. The van der Waals surface area contributed by atoms with Crippen molar-refractivity contribution in [1.29, 1.82) is 0 Å². The summed E-state index contributed by atoms with van der Waals surface area (Å²) in [5, 5.41) is 0. The number of benzene rings is 2. The molecule has 0 N–H and O–H groups in total. The molecule has 0 saturated carbocycles. The summed E-state index contributed by atoms with van der Waals surface area (Å²) >= 11 is 0. The quantitative estimate of drug-likeness (QED) is 0.315. The zero-order valence-electron chi connectivity index (χ0n) is 21.0. The Hall–Kier alpha value is -3.90. The van der Waals surface area contributed by atoms with E-state index in [1.54, 1.807) is 7.11 Å². The van der Waals surface area contributed by atoms with Crippen molar-refractivity contribution in [3.63, 3.8) is 0 Å². The van der Waals surface area contributed by atoms with Crippen LogP contribution >= 0.6 is 0 Å². The first-order valence-electron chi connectivity index (χ1n) is 13.1. The monoisotopic (exact) mass is 490 g/mol. The van der Waals surface area contributed by atoms with Crippen molar-refractivity contribution in [2.45, 2.75) is 50.4 Å². The van der Waals surface area contributed by atoms with E-state index in [9.17, 15) is 0 Å². The van der Waals surface area contributed by atoms with Crippen LogP contribution in [0.3, 0.4) is 0 Å². The Morgan fingerprint density at radius 3 is 2.43 bits per heavy atom. The van der Waals surface area contributed by atoms with E-state index in [4.69, 9.17) is 9.47 Å². The normalized spacial score (nSPS) is 22.2. The molecule has 2 fully saturated rings. The van der Waals surface area contributed by atoms with Gasteiger partial charge in [-0.3, -0.25) is 14.9 Å². The highest BCUT2D eigenvalue weighted by molar-refractivity contribution is 5.83. The van der Waals surface area contributed by atoms with Gasteiger partial charge in [0.2, 0.25) is 0 Å². The number of fused-ring (bicyclic) bond motifs is 4. The maximum Gasteiger partial charge on any atom is 0.192 e. The first-order valence-corrected chi connectivity index (χ1v) is 13.1. The van der Waals surface area contributed by atoms with Gasteiger partial charge in [-0.15, -0.1) is 0 Å². The van der Waals surface area contributed by atoms with Gasteiger partial charge in [-0.2, -0.15) is 0 Å². The van der Waals surface area contributed by atoms with Crippen LogP contribution in [0.4, 0.5) is 11.4 Å². The molecule has 186 valence electrons. The number of aromatic nitrogens is 2. The number of para-hydroxylation sites is 1. The summed E-state index contributed by atoms with van der Waals surface area (Å²) in [6.45, 7) is 0.933. The smallest absolute Gasteiger partial charge is 0.192 e. The van der Waals surface area contributed by atoms with Gasteiger partial charge < -0.3 is 14.4 Å². The van der Waals surface area contributed by atoms with E-state index in [0.717, 1.165) is 64.8 Å². The molecule has 6 heteroatoms. The van der Waals surface area contributed by atoms with Gasteiger partial charge >= 0.3 is 0 Å². The minimum Gasteiger partial charge on any atom is -0.493 e. The van der Waals surface area contributed by atoms with Crippen molar-refractivity contribution >= 4 is 11.4 Å². The average molecular weight is 491 g/mol. The predicted octanol–water partition coefficient (Wildman–Crippen LogP) is 6.59. The molecule has 2 aromatic carbocycles. The molecule has 0 aliphatic carbocycles. The Morgan fingerprint density at radius 1 is 0.838 bits per heavy atom. The highest BCUT2D eigenvalue weighted by Gasteiger charge is 2.44. The second-order valence-electron chi connectivity index (χ2n) is 10.2. The number of hydrogen-bond donors (Lipinski definition) is 0. The zero-order chi connectivity index (χ0) is 24.8. The Kier molecular flexibility index (Phi) is 5.55. The first kappa shape index (κ1) is 22.3. The average Bonchev–Trinajstić information content (AvgIpc) is 3.17. The van der Waals surface area contributed by atoms with E-state index in [-0.39, 0.29) is 0 Å². The van der Waals surface area contributed by atoms with E-state index in [1.165, 1.54) is 12.8 Å². The summed E-state index contributed by atoms with van der Waals surface area (Å²) in [4.78, 5) is 14.0. The van der Waals surface area contributed by atoms with Crippen LogP contribution < -0.4 is 14.4 Å². The molecule has 5 heterocycles. The van der Waals surface area contributed by atoms with Gasteiger partial charge in [-0.25, -0.2) is 0 Å². The fourth-order valence-electron chi connectivity index (χ4n) is 6.50. The van der Waals surface area contributed by atoms with Gasteiger partial charge in [0.15, 0.2) is 17.2 Å². The van der Waals surface area contributed by atoms with Crippen LogP contribution in [0.15, 0.2) is 85.3 Å². The van der Waals surface area contributed by atoms with Crippen molar-refractivity contribution in [2.75, 3.05) is 12.0 Å². The number of methoxy groups -OCH3 is 1. The van der Waals surface area contributed by atoms with Crippen LogP contribution in [0.1, 0.15) is 31.4 Å². The molecule has 3 atom stereocenters. The summed E-state index contributed by atoms with van der Waals surface area (Å²) < 4.78 is 12.3. The molecular weight excluding hydrogens is 460 g/mol. The molecule has 1 unspecified atom stereocenters. The van der Waals surface area contributed by atoms with Gasteiger partial charge in [-0.1, -0.05) is 18.2 Å². The van der Waals surface area contributed by atoms with Crippen LogP contribution in [0, 0.1) is 0 Å². The summed E-state index contributed by atoms with van der Waals surface area (Å²) in [5.41, 5.74) is 5.62. The molecule has 2 aromatic heterocycles. The highest BCUT2D eigenvalue weighted by Crippen LogP contribution is 2.54. The number of pyridine rings is 2. The molecule has 2 saturated heterocycles. The number of nitrogens with zero attached hydrogens (tertiary/aromatic N) is 4. The topological polar surface area (TPSA) is 50.7 Å². The number of hydrogen-bond acceptors (Lipinski definition) is 6. The summed E-state index contributed by atoms with van der Waals surface area (Å²) in [7, 11) is 1.71. The van der Waals surface area contributed by atoms with Gasteiger partial charge in [0, 0.05) is 43.3 Å². The number of rotatable bonds is 5. The zero-order valence-corrected chi connectivity index (χ0v) is 21.0. The van der Waals surface area contributed by atoms with Crippen molar-refractivity contribution in [3.8, 4) is 28.4 Å². The van der Waals surface area contributed by atoms with E-state index in [1.807, 2.05) is 42.9 Å². The van der Waals surface area contributed by atoms with Crippen molar-refractivity contribution in [1.82, 2.24) is 14.9 Å². The van der Waals surface area contributed by atoms with Crippen molar-refractivity contribution in [3.05, 3.63) is 91.0 Å². The molecule has 2 bridgehead atoms. The molecule has 3 aliphatic heterocycles. The summed E-state index contributed by atoms with van der Waals surface area (Å²) in [6, 6.07) is 24.6. The lowest BCUT2D eigenvalue weighted by Gasteiger charge is -2.46. The fourth-order valence-corrected chi connectivity index (χ4v) is 6.50. The van der Waals surface area contributed by atoms with E-state index < -0.39 is 0 Å². The maximum atomic E-state index is 6.55. The highest BCUT2D eigenvalue weighted by atomic mass is 16.5. The minimum absolute atomic E-state index is 0.387. The maximum absolute atomic E-state index is 6.55. The van der Waals surface area contributed by atoms with Gasteiger partial charge in [0.1, 0.15) is 0 Å². The van der Waals surface area contributed by atoms with Crippen LogP contribution in [0.5, 0.6) is 17.2 Å². The SMILES string of the molecule is COc1cccc2c1Oc1cc(-c3ccncc3)ccc1N2C1C[C@H]2CC[C@@H](C1)N2Cc1ccccn1. The van der Waals surface area contributed by atoms with Crippen LogP contribution in [-0.4, -0.2) is 40.1 Å². The minimum atomic E-state index is 0.387. The number of ether oxygens (including phenoxy) is 2. The lowest BCUT2D eigenvalue weighted by Crippen LogP contribution is -2.49. The second kappa shape index (κ2) is 9.20. The van der Waals surface area contributed by atoms with Crippen LogP contribution in [0.25, 0.3) is 11.1 Å². The van der Waals surface area contributed by atoms with Crippen LogP contribution in [0.2, 0.25) is 0 Å². The third-order valence-electron chi connectivity index (χ3n) is 8.18. The van der Waals surface area contributed by atoms with Crippen LogP contribution in [-0.2, 0) is 6.54 Å². The largest absolute Gasteiger partial charge is 0.493 e. The first-order chi connectivity index (χ1) is 18.3. The van der Waals surface area contributed by atoms with Gasteiger partial charge in [-0.05, 0) is 85.3 Å². The second-order valence-corrected chi connectivity index (χ2v) is 10.2. The molecular formula is C31H30N4O2. The summed E-state index contributed by atoms with van der Waals surface area (Å²) in [6.07, 6.45) is 10.3. The third kappa shape index (κ3) is 3.92. The Labute approximate surface area is 217 Å². The molecule has 4 aromatic rings. The van der Waals surface area contributed by atoms with Gasteiger partial charge in [0.05, 0.1) is 24.2 Å². The van der Waals surface area contributed by atoms with Gasteiger partial charge in [0.25, 0.3) is 0 Å². The number of anilines is 2. The molecule has 3 aliphatic rings. The Bertz CT molecular complexity index is 1400. The molecule has 0 spiro atoms. The lowest BCUT2D eigenvalue weighted by atomic mass is 9.93. The Balaban J connectivity index is 1.25. The molecule has 0 amide bonds. The fraction of sp³-hybridized carbons (Fsp3) is 0.290. The van der Waals surface area contributed by atoms with E-state index >= 15 is 0 Å². The predicted molar refractivity (Wildman–Crippen MR) is 144 cm³/mol. The standard InChI is InChI=1S/C31H30N4O2/c1-36-29-7-4-6-28-31(29)37-30-17-22(21-12-15-32-16-13-21)8-11-27(30)35(28)26-18-24-9-10-25(19-26)34(24)20-23-5-2-3-14-33-23/h2-8,11-17,24-26H,9-10,18-20H2,1H3/t24-,25+,26?. The third-order valence-corrected chi connectivity index (χ3v) is 8.18. The van der Waals surface area contributed by atoms with E-state index in [0.29, 0.717) is 18.1 Å². The van der Waals surface area contributed by atoms with Crippen molar-refractivity contribution in [2.24, 2.45) is 0 Å².